The van der Waals surface area contributed by atoms with E-state index >= 15 is 0 Å². The number of rotatable bonds is 12. The molecular formula is C37H35ClFN3O3. The molecule has 0 atom stereocenters. The van der Waals surface area contributed by atoms with Crippen LogP contribution in [0.15, 0.2) is 127 Å². The molecule has 0 aliphatic carbocycles. The van der Waals surface area contributed by atoms with Gasteiger partial charge in [0.2, 0.25) is 11.8 Å². The number of carbonyl (C=O) groups excluding carboxylic acids is 2. The van der Waals surface area contributed by atoms with Gasteiger partial charge in [-0.05, 0) is 52.6 Å². The zero-order chi connectivity index (χ0) is 30.7. The van der Waals surface area contributed by atoms with Crippen molar-refractivity contribution in [3.05, 3.63) is 150 Å². The maximum Gasteiger partial charge on any atom is 0.227 e. The minimum atomic E-state index is -0.387. The molecule has 3 N–H and O–H groups in total. The van der Waals surface area contributed by atoms with Crippen molar-refractivity contribution >= 4 is 29.9 Å². The van der Waals surface area contributed by atoms with Crippen molar-refractivity contribution in [1.29, 1.82) is 0 Å². The van der Waals surface area contributed by atoms with Crippen LogP contribution in [0.4, 0.5) is 10.1 Å². The molecular weight excluding hydrogens is 589 g/mol. The summed E-state index contributed by atoms with van der Waals surface area (Å²) in [5.74, 6) is 0.135. The number of benzene rings is 5. The van der Waals surface area contributed by atoms with E-state index in [-0.39, 0.29) is 56.0 Å². The number of halogens is 2. The summed E-state index contributed by atoms with van der Waals surface area (Å²) in [5.41, 5.74) is 10.8. The van der Waals surface area contributed by atoms with E-state index in [2.05, 4.69) is 17.4 Å². The third-order valence-electron chi connectivity index (χ3n) is 7.22. The number of para-hydroxylation sites is 2. The summed E-state index contributed by atoms with van der Waals surface area (Å²) in [6.45, 7) is 0.699. The molecule has 0 fully saturated rings. The Hall–Kier alpha value is -4.98. The van der Waals surface area contributed by atoms with Gasteiger partial charge in [-0.2, -0.15) is 0 Å². The Labute approximate surface area is 269 Å². The maximum absolute atomic E-state index is 14.0. The smallest absolute Gasteiger partial charge is 0.227 e. The Balaban J connectivity index is 0.00000461. The normalized spacial score (nSPS) is 10.4. The Morgan fingerprint density at radius 2 is 1.42 bits per heavy atom. The summed E-state index contributed by atoms with van der Waals surface area (Å²) in [6.07, 6.45) is -0.0828. The first kappa shape index (κ1) is 32.9. The van der Waals surface area contributed by atoms with Crippen LogP contribution in [0.2, 0.25) is 0 Å². The Morgan fingerprint density at radius 3 is 2.18 bits per heavy atom. The largest absolute Gasteiger partial charge is 0.455 e. The number of hydrogen-bond donors (Lipinski definition) is 2. The number of carbonyl (C=O) groups is 2. The zero-order valence-corrected chi connectivity index (χ0v) is 25.5. The van der Waals surface area contributed by atoms with Crippen molar-refractivity contribution in [1.82, 2.24) is 5.32 Å². The summed E-state index contributed by atoms with van der Waals surface area (Å²) in [7, 11) is 0. The molecule has 0 bridgehead atoms. The Morgan fingerprint density at radius 1 is 0.733 bits per heavy atom. The number of nitrogens with two attached hydrogens (primary N) is 1. The Bertz CT molecular complexity index is 1710. The van der Waals surface area contributed by atoms with E-state index in [4.69, 9.17) is 10.5 Å². The molecule has 0 aliphatic rings. The van der Waals surface area contributed by atoms with Gasteiger partial charge in [-0.25, -0.2) is 4.39 Å². The third-order valence-corrected chi connectivity index (χ3v) is 7.22. The molecule has 0 unspecified atom stereocenters. The van der Waals surface area contributed by atoms with Crippen molar-refractivity contribution in [2.24, 2.45) is 5.73 Å². The average Bonchev–Trinajstić information content (AvgIpc) is 3.07. The van der Waals surface area contributed by atoms with Gasteiger partial charge in [-0.3, -0.25) is 9.59 Å². The summed E-state index contributed by atoms with van der Waals surface area (Å²) >= 11 is 0. The van der Waals surface area contributed by atoms with Gasteiger partial charge in [0.25, 0.3) is 0 Å². The number of hydrogen-bond acceptors (Lipinski definition) is 4. The molecule has 2 amide bonds. The molecule has 230 valence electrons. The van der Waals surface area contributed by atoms with Gasteiger partial charge < -0.3 is 20.7 Å². The van der Waals surface area contributed by atoms with Gasteiger partial charge in [-0.15, -0.1) is 12.4 Å². The van der Waals surface area contributed by atoms with E-state index in [1.807, 2.05) is 91.0 Å². The summed E-state index contributed by atoms with van der Waals surface area (Å²) in [4.78, 5) is 28.1. The quantitative estimate of drug-likeness (QED) is 0.149. The Kier molecular flexibility index (Phi) is 11.8. The van der Waals surface area contributed by atoms with Crippen LogP contribution in [-0.2, 0) is 29.2 Å². The zero-order valence-electron chi connectivity index (χ0n) is 24.7. The topological polar surface area (TPSA) is 84.7 Å². The van der Waals surface area contributed by atoms with Crippen molar-refractivity contribution in [3.63, 3.8) is 0 Å². The van der Waals surface area contributed by atoms with Gasteiger partial charge in [0.05, 0.1) is 12.2 Å². The molecule has 5 aromatic rings. The van der Waals surface area contributed by atoms with Crippen molar-refractivity contribution in [2.75, 3.05) is 4.90 Å². The highest BCUT2D eigenvalue weighted by atomic mass is 35.5. The number of nitrogens with one attached hydrogen (secondary N) is 1. The van der Waals surface area contributed by atoms with E-state index in [1.54, 1.807) is 23.1 Å². The molecule has 0 saturated heterocycles. The molecule has 0 heterocycles. The minimum absolute atomic E-state index is 0. The number of nitrogens with zero attached hydrogens (tertiary/aromatic N) is 1. The molecule has 5 rings (SSSR count). The van der Waals surface area contributed by atoms with Crippen molar-refractivity contribution in [3.8, 4) is 22.6 Å². The van der Waals surface area contributed by atoms with Crippen LogP contribution in [0.3, 0.4) is 0 Å². The minimum Gasteiger partial charge on any atom is -0.455 e. The lowest BCUT2D eigenvalue weighted by Crippen LogP contribution is -2.32. The molecule has 5 aromatic carbocycles. The lowest BCUT2D eigenvalue weighted by atomic mass is 10.0. The second-order valence-electron chi connectivity index (χ2n) is 10.3. The molecule has 0 radical (unpaired) electrons. The van der Waals surface area contributed by atoms with Crippen LogP contribution in [-0.4, -0.2) is 11.8 Å². The van der Waals surface area contributed by atoms with Crippen LogP contribution in [0.1, 0.15) is 29.5 Å². The van der Waals surface area contributed by atoms with E-state index in [0.29, 0.717) is 29.3 Å². The fourth-order valence-electron chi connectivity index (χ4n) is 4.83. The molecule has 6 nitrogen and oxygen atoms in total. The van der Waals surface area contributed by atoms with Crippen LogP contribution in [0.25, 0.3) is 11.1 Å². The van der Waals surface area contributed by atoms with Crippen LogP contribution < -0.4 is 20.7 Å². The molecule has 0 aromatic heterocycles. The number of ether oxygens (including phenoxy) is 1. The van der Waals surface area contributed by atoms with Gasteiger partial charge in [0.1, 0.15) is 11.6 Å². The molecule has 8 heteroatoms. The summed E-state index contributed by atoms with van der Waals surface area (Å²) in [5, 5.41) is 2.72. The number of amides is 2. The number of anilines is 1. The highest BCUT2D eigenvalue weighted by Gasteiger charge is 2.21. The van der Waals surface area contributed by atoms with Gasteiger partial charge >= 0.3 is 0 Å². The first-order valence-electron chi connectivity index (χ1n) is 14.5. The maximum atomic E-state index is 14.0. The second-order valence-corrected chi connectivity index (χ2v) is 10.3. The molecule has 0 saturated carbocycles. The lowest BCUT2D eigenvalue weighted by molar-refractivity contribution is -0.125. The third kappa shape index (κ3) is 9.01. The standard InChI is InChI=1S/C37H34FN3O3.ClH/c38-33-14-5-4-12-31(33)25-40-36(42)21-22-37(43)41(26-27-17-19-30(20-18-27)29-10-2-1-3-11-29)34-15-6-7-16-35(34)44-32-13-8-9-28(23-32)24-39;/h1-20,23H,21-22,24-26,39H2,(H,40,42);1H. The molecule has 45 heavy (non-hydrogen) atoms. The fourth-order valence-corrected chi connectivity index (χ4v) is 4.83. The van der Waals surface area contributed by atoms with Gasteiger partial charge in [0, 0.05) is 31.5 Å². The van der Waals surface area contributed by atoms with Crippen LogP contribution in [0, 0.1) is 5.82 Å². The lowest BCUT2D eigenvalue weighted by Gasteiger charge is -2.25. The highest BCUT2D eigenvalue weighted by molar-refractivity contribution is 5.96. The van der Waals surface area contributed by atoms with Crippen LogP contribution >= 0.6 is 12.4 Å². The monoisotopic (exact) mass is 623 g/mol. The van der Waals surface area contributed by atoms with Crippen molar-refractivity contribution in [2.45, 2.75) is 32.5 Å². The van der Waals surface area contributed by atoms with Crippen molar-refractivity contribution < 1.29 is 18.7 Å². The molecule has 0 aliphatic heterocycles. The van der Waals surface area contributed by atoms with E-state index in [9.17, 15) is 14.0 Å². The van der Waals surface area contributed by atoms with E-state index < -0.39 is 0 Å². The summed E-state index contributed by atoms with van der Waals surface area (Å²) < 4.78 is 20.2. The fraction of sp³-hybridized carbons (Fsp3) is 0.135. The van der Waals surface area contributed by atoms with Gasteiger partial charge in [0.15, 0.2) is 5.75 Å². The van der Waals surface area contributed by atoms with Crippen LogP contribution in [0.5, 0.6) is 11.5 Å². The first-order valence-corrected chi connectivity index (χ1v) is 14.5. The first-order chi connectivity index (χ1) is 21.5. The predicted octanol–water partition coefficient (Wildman–Crippen LogP) is 7.80. The van der Waals surface area contributed by atoms with Gasteiger partial charge in [-0.1, -0.05) is 97.1 Å². The van der Waals surface area contributed by atoms with E-state index in [1.165, 1.54) is 6.07 Å². The SMILES string of the molecule is Cl.NCc1cccc(Oc2ccccc2N(Cc2ccc(-c3ccccc3)cc2)C(=O)CCC(=O)NCc2ccccc2F)c1. The second kappa shape index (κ2) is 16.2. The summed E-state index contributed by atoms with van der Waals surface area (Å²) in [6, 6.07) is 39.2. The predicted molar refractivity (Wildman–Crippen MR) is 179 cm³/mol. The molecule has 0 spiro atoms. The average molecular weight is 624 g/mol. The highest BCUT2D eigenvalue weighted by Crippen LogP contribution is 2.34. The van der Waals surface area contributed by atoms with E-state index in [0.717, 1.165) is 22.3 Å².